The summed E-state index contributed by atoms with van der Waals surface area (Å²) in [6, 6.07) is 10.1. The van der Waals surface area contributed by atoms with Gasteiger partial charge in [-0.2, -0.15) is 5.10 Å². The summed E-state index contributed by atoms with van der Waals surface area (Å²) < 4.78 is 6.89. The highest BCUT2D eigenvalue weighted by Gasteiger charge is 2.12. The number of hydrogen-bond donors (Lipinski definition) is 1. The summed E-state index contributed by atoms with van der Waals surface area (Å²) in [7, 11) is 1.69. The van der Waals surface area contributed by atoms with Crippen LogP contribution in [-0.4, -0.2) is 23.5 Å². The van der Waals surface area contributed by atoms with Gasteiger partial charge < -0.3 is 10.5 Å². The van der Waals surface area contributed by atoms with Gasteiger partial charge in [-0.1, -0.05) is 32.0 Å². The Kier molecular flexibility index (Phi) is 4.22. The average molecular weight is 259 g/mol. The van der Waals surface area contributed by atoms with Crippen molar-refractivity contribution in [1.82, 2.24) is 9.78 Å². The molecule has 0 spiro atoms. The molecule has 0 aliphatic rings. The number of rotatable bonds is 5. The van der Waals surface area contributed by atoms with Crippen LogP contribution in [0.1, 0.15) is 31.0 Å². The molecule has 0 bridgehead atoms. The van der Waals surface area contributed by atoms with E-state index in [0.717, 1.165) is 17.8 Å². The fourth-order valence-corrected chi connectivity index (χ4v) is 2.14. The van der Waals surface area contributed by atoms with Gasteiger partial charge in [0.2, 0.25) is 0 Å². The number of nitrogens with zero attached hydrogens (tertiary/aromatic N) is 2. The van der Waals surface area contributed by atoms with Crippen LogP contribution in [0.5, 0.6) is 0 Å². The Bertz CT molecular complexity index is 546. The van der Waals surface area contributed by atoms with Crippen LogP contribution < -0.4 is 5.73 Å². The second kappa shape index (κ2) is 5.89. The van der Waals surface area contributed by atoms with Gasteiger partial charge >= 0.3 is 0 Å². The molecule has 0 saturated carbocycles. The molecule has 0 fully saturated rings. The van der Waals surface area contributed by atoms with E-state index < -0.39 is 0 Å². The predicted molar refractivity (Wildman–Crippen MR) is 77.6 cm³/mol. The molecule has 0 atom stereocenters. The molecule has 4 heteroatoms. The van der Waals surface area contributed by atoms with Crippen molar-refractivity contribution in [3.8, 4) is 5.69 Å². The first-order valence-corrected chi connectivity index (χ1v) is 6.56. The van der Waals surface area contributed by atoms with E-state index in [4.69, 9.17) is 10.5 Å². The third-order valence-corrected chi connectivity index (χ3v) is 3.14. The monoisotopic (exact) mass is 259 g/mol. The predicted octanol–water partition coefficient (Wildman–Crippen LogP) is 2.77. The zero-order valence-electron chi connectivity index (χ0n) is 11.8. The summed E-state index contributed by atoms with van der Waals surface area (Å²) in [5, 5.41) is 4.57. The second-order valence-electron chi connectivity index (χ2n) is 4.93. The van der Waals surface area contributed by atoms with E-state index >= 15 is 0 Å². The Balaban J connectivity index is 2.39. The highest BCUT2D eigenvalue weighted by atomic mass is 16.5. The van der Waals surface area contributed by atoms with Gasteiger partial charge in [0.1, 0.15) is 5.82 Å². The molecule has 2 aromatic rings. The van der Waals surface area contributed by atoms with Crippen LogP contribution in [0.15, 0.2) is 30.3 Å². The summed E-state index contributed by atoms with van der Waals surface area (Å²) >= 11 is 0. The lowest BCUT2D eigenvalue weighted by Gasteiger charge is -2.13. The van der Waals surface area contributed by atoms with Gasteiger partial charge in [0.15, 0.2) is 0 Å². The lowest BCUT2D eigenvalue weighted by Crippen LogP contribution is -2.06. The van der Waals surface area contributed by atoms with Crippen molar-refractivity contribution in [3.63, 3.8) is 0 Å². The molecule has 102 valence electrons. The summed E-state index contributed by atoms with van der Waals surface area (Å²) in [6.45, 7) is 5.00. The molecule has 4 nitrogen and oxygen atoms in total. The van der Waals surface area contributed by atoms with Crippen molar-refractivity contribution >= 4 is 5.82 Å². The average Bonchev–Trinajstić information content (AvgIpc) is 2.77. The third-order valence-electron chi connectivity index (χ3n) is 3.14. The molecule has 2 rings (SSSR count). The fourth-order valence-electron chi connectivity index (χ4n) is 2.14. The van der Waals surface area contributed by atoms with Crippen molar-refractivity contribution in [2.75, 3.05) is 19.5 Å². The van der Waals surface area contributed by atoms with E-state index in [-0.39, 0.29) is 0 Å². The Morgan fingerprint density at radius 3 is 2.74 bits per heavy atom. The standard InChI is InChI=1S/C15H21N3O/c1-11(2)13-6-4-5-7-14(13)18-15(16)10-12(17-18)8-9-19-3/h4-7,10-11H,8-9,16H2,1-3H3. The number of ether oxygens (including phenoxy) is 1. The van der Waals surface area contributed by atoms with Gasteiger partial charge in [-0.05, 0) is 17.5 Å². The topological polar surface area (TPSA) is 53.1 Å². The largest absolute Gasteiger partial charge is 0.384 e. The van der Waals surface area contributed by atoms with Crippen LogP contribution in [0, 0.1) is 0 Å². The van der Waals surface area contributed by atoms with Crippen molar-refractivity contribution in [2.24, 2.45) is 0 Å². The maximum atomic E-state index is 6.07. The summed E-state index contributed by atoms with van der Waals surface area (Å²) in [6.07, 6.45) is 0.775. The molecule has 1 heterocycles. The smallest absolute Gasteiger partial charge is 0.127 e. The molecule has 0 aliphatic heterocycles. The van der Waals surface area contributed by atoms with E-state index in [0.29, 0.717) is 18.3 Å². The van der Waals surface area contributed by atoms with Gasteiger partial charge in [0, 0.05) is 19.6 Å². The first-order chi connectivity index (χ1) is 9.13. The number of hydrogen-bond acceptors (Lipinski definition) is 3. The summed E-state index contributed by atoms with van der Waals surface area (Å²) in [5.41, 5.74) is 9.33. The Morgan fingerprint density at radius 1 is 1.32 bits per heavy atom. The highest BCUT2D eigenvalue weighted by molar-refractivity contribution is 5.48. The van der Waals surface area contributed by atoms with E-state index in [9.17, 15) is 0 Å². The van der Waals surface area contributed by atoms with E-state index in [1.54, 1.807) is 7.11 Å². The first-order valence-electron chi connectivity index (χ1n) is 6.56. The quantitative estimate of drug-likeness (QED) is 0.898. The molecule has 1 aromatic carbocycles. The lowest BCUT2D eigenvalue weighted by molar-refractivity contribution is 0.201. The number of nitrogens with two attached hydrogens (primary N) is 1. The van der Waals surface area contributed by atoms with E-state index in [1.807, 2.05) is 22.9 Å². The van der Waals surface area contributed by atoms with Crippen molar-refractivity contribution in [3.05, 3.63) is 41.6 Å². The Hall–Kier alpha value is -1.81. The van der Waals surface area contributed by atoms with Crippen molar-refractivity contribution in [1.29, 1.82) is 0 Å². The number of methoxy groups -OCH3 is 1. The molecule has 0 amide bonds. The SMILES string of the molecule is COCCc1cc(N)n(-c2ccccc2C(C)C)n1. The van der Waals surface area contributed by atoms with Gasteiger partial charge in [0.05, 0.1) is 18.0 Å². The molecule has 0 aliphatic carbocycles. The molecular weight excluding hydrogens is 238 g/mol. The highest BCUT2D eigenvalue weighted by Crippen LogP contribution is 2.24. The van der Waals surface area contributed by atoms with Crippen molar-refractivity contribution in [2.45, 2.75) is 26.2 Å². The Labute approximate surface area is 114 Å². The van der Waals surface area contributed by atoms with Crippen LogP contribution in [-0.2, 0) is 11.2 Å². The Morgan fingerprint density at radius 2 is 2.05 bits per heavy atom. The number of para-hydroxylation sites is 1. The van der Waals surface area contributed by atoms with Crippen LogP contribution >= 0.6 is 0 Å². The van der Waals surface area contributed by atoms with Crippen LogP contribution in [0.25, 0.3) is 5.69 Å². The van der Waals surface area contributed by atoms with Gasteiger partial charge in [-0.25, -0.2) is 4.68 Å². The minimum absolute atomic E-state index is 0.433. The molecule has 0 radical (unpaired) electrons. The van der Waals surface area contributed by atoms with Crippen molar-refractivity contribution < 1.29 is 4.74 Å². The van der Waals surface area contributed by atoms with Crippen LogP contribution in [0.2, 0.25) is 0 Å². The second-order valence-corrected chi connectivity index (χ2v) is 4.93. The van der Waals surface area contributed by atoms with E-state index in [1.165, 1.54) is 5.56 Å². The minimum Gasteiger partial charge on any atom is -0.384 e. The van der Waals surface area contributed by atoms with Crippen LogP contribution in [0.3, 0.4) is 0 Å². The zero-order chi connectivity index (χ0) is 13.8. The molecule has 19 heavy (non-hydrogen) atoms. The molecule has 1 aromatic heterocycles. The number of aromatic nitrogens is 2. The van der Waals surface area contributed by atoms with Gasteiger partial charge in [-0.3, -0.25) is 0 Å². The molecule has 0 saturated heterocycles. The lowest BCUT2D eigenvalue weighted by atomic mass is 10.0. The molecule has 2 N–H and O–H groups in total. The third kappa shape index (κ3) is 2.96. The summed E-state index contributed by atoms with van der Waals surface area (Å²) in [5.74, 6) is 1.10. The van der Waals surface area contributed by atoms with Crippen LogP contribution in [0.4, 0.5) is 5.82 Å². The fraction of sp³-hybridized carbons (Fsp3) is 0.400. The summed E-state index contributed by atoms with van der Waals surface area (Å²) in [4.78, 5) is 0. The van der Waals surface area contributed by atoms with Gasteiger partial charge in [-0.15, -0.1) is 0 Å². The first kappa shape index (κ1) is 13.6. The van der Waals surface area contributed by atoms with E-state index in [2.05, 4.69) is 31.1 Å². The number of nitrogen functional groups attached to an aromatic ring is 1. The number of anilines is 1. The number of benzene rings is 1. The normalized spacial score (nSPS) is 11.2. The van der Waals surface area contributed by atoms with Gasteiger partial charge in [0.25, 0.3) is 0 Å². The molecule has 0 unspecified atom stereocenters. The minimum atomic E-state index is 0.433. The maximum absolute atomic E-state index is 6.07. The maximum Gasteiger partial charge on any atom is 0.127 e. The zero-order valence-corrected chi connectivity index (χ0v) is 11.8. The molecular formula is C15H21N3O.